The second-order valence-corrected chi connectivity index (χ2v) is 4.06. The Bertz CT molecular complexity index is 249. The Morgan fingerprint density at radius 2 is 1.93 bits per heavy atom. The molecule has 5 nitrogen and oxygen atoms in total. The quantitative estimate of drug-likeness (QED) is 0.737. The molecule has 1 rings (SSSR count). The van der Waals surface area contributed by atoms with Crippen LogP contribution < -0.4 is 5.32 Å². The number of amides is 2. The number of carbonyl (C=O) groups is 2. The van der Waals surface area contributed by atoms with E-state index in [-0.39, 0.29) is 12.1 Å². The maximum Gasteiger partial charge on any atom is 0.325 e. The van der Waals surface area contributed by atoms with Gasteiger partial charge in [-0.15, -0.1) is 0 Å². The van der Waals surface area contributed by atoms with Gasteiger partial charge in [0.25, 0.3) is 0 Å². The number of carboxylic acid groups (broad SMARTS) is 1. The molecule has 0 heterocycles. The van der Waals surface area contributed by atoms with Crippen molar-refractivity contribution in [1.29, 1.82) is 0 Å². The summed E-state index contributed by atoms with van der Waals surface area (Å²) >= 11 is 0. The van der Waals surface area contributed by atoms with Crippen LogP contribution in [0.4, 0.5) is 4.79 Å². The molecule has 0 radical (unpaired) electrons. The summed E-state index contributed by atoms with van der Waals surface area (Å²) in [5.41, 5.74) is 0. The third-order valence-corrected chi connectivity index (χ3v) is 2.90. The van der Waals surface area contributed by atoms with E-state index in [9.17, 15) is 9.59 Å². The Kier molecular flexibility index (Phi) is 3.94. The molecule has 2 N–H and O–H groups in total. The molecule has 0 aromatic carbocycles. The fourth-order valence-electron chi connectivity index (χ4n) is 1.81. The van der Waals surface area contributed by atoms with Crippen molar-refractivity contribution >= 4 is 12.0 Å². The van der Waals surface area contributed by atoms with Crippen molar-refractivity contribution in [1.82, 2.24) is 10.2 Å². The van der Waals surface area contributed by atoms with Gasteiger partial charge in [0.2, 0.25) is 0 Å². The van der Waals surface area contributed by atoms with E-state index in [1.165, 1.54) is 6.92 Å². The average Bonchev–Trinajstić information content (AvgIpc) is 2.68. The van der Waals surface area contributed by atoms with Gasteiger partial charge in [0.15, 0.2) is 0 Å². The summed E-state index contributed by atoms with van der Waals surface area (Å²) in [6.07, 6.45) is 4.34. The number of hydrogen-bond donors (Lipinski definition) is 2. The molecule has 15 heavy (non-hydrogen) atoms. The van der Waals surface area contributed by atoms with Crippen LogP contribution >= 0.6 is 0 Å². The molecule has 5 heteroatoms. The van der Waals surface area contributed by atoms with Crippen molar-refractivity contribution in [2.24, 2.45) is 0 Å². The van der Waals surface area contributed by atoms with Crippen LogP contribution in [0, 0.1) is 0 Å². The van der Waals surface area contributed by atoms with E-state index >= 15 is 0 Å². The van der Waals surface area contributed by atoms with Crippen LogP contribution in [-0.2, 0) is 4.79 Å². The molecule has 0 bridgehead atoms. The second-order valence-electron chi connectivity index (χ2n) is 4.06. The average molecular weight is 214 g/mol. The van der Waals surface area contributed by atoms with Crippen LogP contribution in [0.1, 0.15) is 32.6 Å². The Morgan fingerprint density at radius 3 is 2.40 bits per heavy atom. The van der Waals surface area contributed by atoms with Crippen LogP contribution in [0.5, 0.6) is 0 Å². The highest BCUT2D eigenvalue weighted by atomic mass is 16.4. The molecule has 2 amide bonds. The summed E-state index contributed by atoms with van der Waals surface area (Å²) in [6.45, 7) is 1.46. The second kappa shape index (κ2) is 5.00. The third-order valence-electron chi connectivity index (χ3n) is 2.90. The summed E-state index contributed by atoms with van der Waals surface area (Å²) in [7, 11) is 1.72. The van der Waals surface area contributed by atoms with Crippen molar-refractivity contribution in [2.75, 3.05) is 7.05 Å². The standard InChI is InChI=1S/C10H18N2O3/c1-7(9(13)14)11-10(15)12(2)8-5-3-4-6-8/h7-8H,3-6H2,1-2H3,(H,11,15)(H,13,14). The zero-order chi connectivity index (χ0) is 11.4. The van der Waals surface area contributed by atoms with E-state index in [0.29, 0.717) is 0 Å². The van der Waals surface area contributed by atoms with Crippen molar-refractivity contribution in [2.45, 2.75) is 44.7 Å². The molecule has 1 aliphatic carbocycles. The largest absolute Gasteiger partial charge is 0.480 e. The van der Waals surface area contributed by atoms with E-state index in [1.807, 2.05) is 0 Å². The number of carboxylic acids is 1. The lowest BCUT2D eigenvalue weighted by Gasteiger charge is -2.25. The lowest BCUT2D eigenvalue weighted by Crippen LogP contribution is -2.48. The van der Waals surface area contributed by atoms with E-state index in [4.69, 9.17) is 5.11 Å². The monoisotopic (exact) mass is 214 g/mol. The van der Waals surface area contributed by atoms with Gasteiger partial charge >= 0.3 is 12.0 Å². The first-order valence-electron chi connectivity index (χ1n) is 5.28. The molecule has 1 atom stereocenters. The van der Waals surface area contributed by atoms with Gasteiger partial charge < -0.3 is 15.3 Å². The SMILES string of the molecule is CC(NC(=O)N(C)C1CCCC1)C(=O)O. The highest BCUT2D eigenvalue weighted by Crippen LogP contribution is 2.22. The van der Waals surface area contributed by atoms with Crippen LogP contribution in [0.15, 0.2) is 0 Å². The minimum absolute atomic E-state index is 0.269. The van der Waals surface area contributed by atoms with Gasteiger partial charge in [-0.05, 0) is 19.8 Å². The smallest absolute Gasteiger partial charge is 0.325 e. The molecule has 1 fully saturated rings. The Balaban J connectivity index is 2.41. The fourth-order valence-corrected chi connectivity index (χ4v) is 1.81. The molecule has 0 spiro atoms. The lowest BCUT2D eigenvalue weighted by atomic mass is 10.2. The minimum Gasteiger partial charge on any atom is -0.480 e. The highest BCUT2D eigenvalue weighted by Gasteiger charge is 2.25. The van der Waals surface area contributed by atoms with Crippen LogP contribution in [0.25, 0.3) is 0 Å². The number of carbonyl (C=O) groups excluding carboxylic acids is 1. The van der Waals surface area contributed by atoms with Gasteiger partial charge in [0, 0.05) is 13.1 Å². The first-order valence-corrected chi connectivity index (χ1v) is 5.28. The predicted molar refractivity (Wildman–Crippen MR) is 55.6 cm³/mol. The molecule has 1 aliphatic rings. The number of nitrogens with one attached hydrogen (secondary N) is 1. The van der Waals surface area contributed by atoms with E-state index in [0.717, 1.165) is 25.7 Å². The summed E-state index contributed by atoms with van der Waals surface area (Å²) in [6, 6.07) is -0.857. The van der Waals surface area contributed by atoms with Gasteiger partial charge in [-0.3, -0.25) is 4.79 Å². The predicted octanol–water partition coefficient (Wildman–Crippen LogP) is 1.04. The van der Waals surface area contributed by atoms with Gasteiger partial charge in [-0.2, -0.15) is 0 Å². The van der Waals surface area contributed by atoms with Crippen molar-refractivity contribution in [3.8, 4) is 0 Å². The number of nitrogens with zero attached hydrogens (tertiary/aromatic N) is 1. The Hall–Kier alpha value is -1.26. The zero-order valence-corrected chi connectivity index (χ0v) is 9.19. The van der Waals surface area contributed by atoms with Crippen LogP contribution in [-0.4, -0.2) is 41.1 Å². The minimum atomic E-state index is -1.01. The topological polar surface area (TPSA) is 69.6 Å². The Labute approximate surface area is 89.4 Å². The molecular weight excluding hydrogens is 196 g/mol. The molecule has 0 saturated heterocycles. The van der Waals surface area contributed by atoms with E-state index in [2.05, 4.69) is 5.32 Å². The lowest BCUT2D eigenvalue weighted by molar-refractivity contribution is -0.138. The molecule has 0 aromatic heterocycles. The fraction of sp³-hybridized carbons (Fsp3) is 0.800. The summed E-state index contributed by atoms with van der Waals surface area (Å²) in [5, 5.41) is 11.1. The number of urea groups is 1. The van der Waals surface area contributed by atoms with E-state index < -0.39 is 12.0 Å². The molecule has 0 aliphatic heterocycles. The molecule has 0 aromatic rings. The number of hydrogen-bond acceptors (Lipinski definition) is 2. The maximum atomic E-state index is 11.6. The van der Waals surface area contributed by atoms with Crippen molar-refractivity contribution < 1.29 is 14.7 Å². The summed E-state index contributed by atoms with van der Waals surface area (Å²) in [4.78, 5) is 23.8. The van der Waals surface area contributed by atoms with E-state index in [1.54, 1.807) is 11.9 Å². The first kappa shape index (κ1) is 11.8. The first-order chi connectivity index (χ1) is 7.02. The van der Waals surface area contributed by atoms with Gasteiger partial charge in [0.05, 0.1) is 0 Å². The third kappa shape index (κ3) is 3.11. The molecule has 86 valence electrons. The molecule has 1 saturated carbocycles. The zero-order valence-electron chi connectivity index (χ0n) is 9.19. The normalized spacial score (nSPS) is 18.5. The highest BCUT2D eigenvalue weighted by molar-refractivity contribution is 5.82. The number of rotatable bonds is 3. The van der Waals surface area contributed by atoms with Crippen LogP contribution in [0.3, 0.4) is 0 Å². The van der Waals surface area contributed by atoms with Crippen molar-refractivity contribution in [3.63, 3.8) is 0 Å². The summed E-state index contributed by atoms with van der Waals surface area (Å²) < 4.78 is 0. The van der Waals surface area contributed by atoms with Gasteiger partial charge in [0.1, 0.15) is 6.04 Å². The van der Waals surface area contributed by atoms with Crippen LogP contribution in [0.2, 0.25) is 0 Å². The van der Waals surface area contributed by atoms with Gasteiger partial charge in [-0.1, -0.05) is 12.8 Å². The van der Waals surface area contributed by atoms with Gasteiger partial charge in [-0.25, -0.2) is 4.79 Å². The maximum absolute atomic E-state index is 11.6. The summed E-state index contributed by atoms with van der Waals surface area (Å²) in [5.74, 6) is -1.01. The van der Waals surface area contributed by atoms with Crippen molar-refractivity contribution in [3.05, 3.63) is 0 Å². The Morgan fingerprint density at radius 1 is 1.40 bits per heavy atom. The molecule has 1 unspecified atom stereocenters. The number of aliphatic carboxylic acids is 1. The molecular formula is C10H18N2O3.